The molecule has 0 heterocycles. The molecule has 5 nitrogen and oxygen atoms in total. The van der Waals surface area contributed by atoms with E-state index in [1.807, 2.05) is 0 Å². The van der Waals surface area contributed by atoms with Crippen LogP contribution in [0.4, 0.5) is 0 Å². The number of hydrogen-bond acceptors (Lipinski definition) is 3. The molecule has 0 aliphatic heterocycles. The van der Waals surface area contributed by atoms with Gasteiger partial charge in [-0.25, -0.2) is 4.79 Å². The largest absolute Gasteiger partial charge is 0.495 e. The summed E-state index contributed by atoms with van der Waals surface area (Å²) in [6.07, 6.45) is 4.52. The number of hydrogen-bond donors (Lipinski definition) is 2. The third-order valence-corrected chi connectivity index (χ3v) is 4.44. The van der Waals surface area contributed by atoms with Gasteiger partial charge in [0, 0.05) is 5.56 Å². The number of carbonyl (C=O) groups is 2. The molecule has 0 aromatic heterocycles. The second-order valence-corrected chi connectivity index (χ2v) is 6.01. The van der Waals surface area contributed by atoms with Crippen LogP contribution in [0.25, 0.3) is 0 Å². The first-order valence-electron chi connectivity index (χ1n) is 7.38. The average molecular weight is 326 g/mol. The number of nitrogens with one attached hydrogen (secondary N) is 1. The predicted molar refractivity (Wildman–Crippen MR) is 83.5 cm³/mol. The van der Waals surface area contributed by atoms with Gasteiger partial charge in [-0.1, -0.05) is 37.3 Å². The van der Waals surface area contributed by atoms with E-state index in [1.54, 1.807) is 12.1 Å². The van der Waals surface area contributed by atoms with Gasteiger partial charge in [0.2, 0.25) is 0 Å². The maximum absolute atomic E-state index is 12.4. The van der Waals surface area contributed by atoms with Crippen molar-refractivity contribution >= 4 is 23.5 Å². The Morgan fingerprint density at radius 3 is 2.41 bits per heavy atom. The van der Waals surface area contributed by atoms with Crippen LogP contribution in [0.3, 0.4) is 0 Å². The molecule has 1 aliphatic rings. The number of rotatable bonds is 4. The van der Waals surface area contributed by atoms with Gasteiger partial charge in [0.1, 0.15) is 11.3 Å². The maximum atomic E-state index is 12.4. The summed E-state index contributed by atoms with van der Waals surface area (Å²) in [5, 5.41) is 12.7. The molecule has 1 aromatic carbocycles. The average Bonchev–Trinajstić information content (AvgIpc) is 2.74. The lowest BCUT2D eigenvalue weighted by atomic mass is 9.90. The number of carbonyl (C=O) groups excluding carboxylic acids is 1. The number of carboxylic acid groups (broad SMARTS) is 1. The van der Waals surface area contributed by atoms with Crippen molar-refractivity contribution in [3.05, 3.63) is 28.8 Å². The molecule has 1 amide bonds. The Bertz CT molecular complexity index is 565. The van der Waals surface area contributed by atoms with Crippen LogP contribution in [0.1, 0.15) is 48.9 Å². The highest BCUT2D eigenvalue weighted by atomic mass is 35.5. The summed E-state index contributed by atoms with van der Waals surface area (Å²) in [6, 6.07) is 4.65. The Hall–Kier alpha value is -1.75. The van der Waals surface area contributed by atoms with Crippen molar-refractivity contribution in [1.29, 1.82) is 0 Å². The number of methoxy groups -OCH3 is 1. The molecule has 0 spiro atoms. The molecule has 0 unspecified atom stereocenters. The lowest BCUT2D eigenvalue weighted by molar-refractivity contribution is -0.145. The second kappa shape index (κ2) is 7.01. The summed E-state index contributed by atoms with van der Waals surface area (Å²) in [7, 11) is 1.47. The number of carboxylic acids is 1. The van der Waals surface area contributed by atoms with E-state index < -0.39 is 17.4 Å². The minimum atomic E-state index is -1.18. The zero-order valence-corrected chi connectivity index (χ0v) is 13.3. The summed E-state index contributed by atoms with van der Waals surface area (Å²) < 4.78 is 5.09. The van der Waals surface area contributed by atoms with Crippen LogP contribution in [0.15, 0.2) is 18.2 Å². The van der Waals surface area contributed by atoms with Crippen LogP contribution in [0.5, 0.6) is 5.75 Å². The molecule has 120 valence electrons. The van der Waals surface area contributed by atoms with Crippen LogP contribution >= 0.6 is 11.6 Å². The fourth-order valence-corrected chi connectivity index (χ4v) is 3.01. The standard InChI is InChI=1S/C16H20ClNO4/c1-22-13-10-11(6-7-12(13)17)14(19)18-16(15(20)21)8-4-2-3-5-9-16/h6-7,10H,2-5,8-9H2,1H3,(H,18,19)(H,20,21). The maximum Gasteiger partial charge on any atom is 0.329 e. The number of ether oxygens (including phenoxy) is 1. The molecule has 2 N–H and O–H groups in total. The molecule has 0 bridgehead atoms. The van der Waals surface area contributed by atoms with Crippen molar-refractivity contribution in [2.75, 3.05) is 7.11 Å². The quantitative estimate of drug-likeness (QED) is 0.833. The zero-order valence-electron chi connectivity index (χ0n) is 12.5. The molecule has 1 fully saturated rings. The topological polar surface area (TPSA) is 75.6 Å². The molecule has 0 saturated heterocycles. The van der Waals surface area contributed by atoms with Gasteiger partial charge < -0.3 is 15.2 Å². The number of aliphatic carboxylic acids is 1. The van der Waals surface area contributed by atoms with E-state index in [-0.39, 0.29) is 0 Å². The summed E-state index contributed by atoms with van der Waals surface area (Å²) >= 11 is 5.94. The van der Waals surface area contributed by atoms with E-state index in [4.69, 9.17) is 16.3 Å². The first-order chi connectivity index (χ1) is 10.5. The number of halogens is 1. The highest BCUT2D eigenvalue weighted by molar-refractivity contribution is 6.32. The highest BCUT2D eigenvalue weighted by Gasteiger charge is 2.40. The van der Waals surface area contributed by atoms with Crippen LogP contribution < -0.4 is 10.1 Å². The molecule has 6 heteroatoms. The molecular formula is C16H20ClNO4. The van der Waals surface area contributed by atoms with Crippen molar-refractivity contribution in [3.8, 4) is 5.75 Å². The summed E-state index contributed by atoms with van der Waals surface area (Å²) in [5.74, 6) is -0.998. The molecule has 2 rings (SSSR count). The Kier molecular flexibility index (Phi) is 5.29. The Balaban J connectivity index is 2.22. The van der Waals surface area contributed by atoms with E-state index in [2.05, 4.69) is 5.32 Å². The SMILES string of the molecule is COc1cc(C(=O)NC2(C(=O)O)CCCCCC2)ccc1Cl. The Morgan fingerprint density at radius 1 is 1.23 bits per heavy atom. The van der Waals surface area contributed by atoms with Gasteiger partial charge in [0.15, 0.2) is 0 Å². The predicted octanol–water partition coefficient (Wildman–Crippen LogP) is 3.26. The van der Waals surface area contributed by atoms with Gasteiger partial charge in [0.05, 0.1) is 12.1 Å². The minimum Gasteiger partial charge on any atom is -0.495 e. The van der Waals surface area contributed by atoms with Crippen molar-refractivity contribution < 1.29 is 19.4 Å². The van der Waals surface area contributed by atoms with Crippen LogP contribution in [0, 0.1) is 0 Å². The smallest absolute Gasteiger partial charge is 0.329 e. The van der Waals surface area contributed by atoms with E-state index >= 15 is 0 Å². The van der Waals surface area contributed by atoms with Crippen molar-refractivity contribution in [3.63, 3.8) is 0 Å². The molecule has 1 aromatic rings. The summed E-state index contributed by atoms with van der Waals surface area (Å²) in [6.45, 7) is 0. The third-order valence-electron chi connectivity index (χ3n) is 4.13. The van der Waals surface area contributed by atoms with Crippen LogP contribution in [-0.4, -0.2) is 29.6 Å². The van der Waals surface area contributed by atoms with Gasteiger partial charge in [0.25, 0.3) is 5.91 Å². The van der Waals surface area contributed by atoms with E-state index in [0.29, 0.717) is 29.2 Å². The number of benzene rings is 1. The van der Waals surface area contributed by atoms with Crippen LogP contribution in [-0.2, 0) is 4.79 Å². The Morgan fingerprint density at radius 2 is 1.86 bits per heavy atom. The van der Waals surface area contributed by atoms with Gasteiger partial charge in [-0.3, -0.25) is 4.79 Å². The molecule has 0 radical (unpaired) electrons. The highest BCUT2D eigenvalue weighted by Crippen LogP contribution is 2.29. The van der Waals surface area contributed by atoms with E-state index in [9.17, 15) is 14.7 Å². The lowest BCUT2D eigenvalue weighted by Crippen LogP contribution is -2.54. The normalized spacial score (nSPS) is 17.4. The monoisotopic (exact) mass is 325 g/mol. The first-order valence-corrected chi connectivity index (χ1v) is 7.76. The van der Waals surface area contributed by atoms with Crippen molar-refractivity contribution in [1.82, 2.24) is 5.32 Å². The minimum absolute atomic E-state index is 0.339. The lowest BCUT2D eigenvalue weighted by Gasteiger charge is -2.29. The second-order valence-electron chi connectivity index (χ2n) is 5.60. The van der Waals surface area contributed by atoms with Gasteiger partial charge in [-0.2, -0.15) is 0 Å². The fourth-order valence-electron chi connectivity index (χ4n) is 2.81. The summed E-state index contributed by atoms with van der Waals surface area (Å²) in [5.41, 5.74) is -0.841. The van der Waals surface area contributed by atoms with Gasteiger partial charge >= 0.3 is 5.97 Å². The third kappa shape index (κ3) is 3.53. The van der Waals surface area contributed by atoms with Crippen molar-refractivity contribution in [2.24, 2.45) is 0 Å². The molecule has 1 saturated carbocycles. The zero-order chi connectivity index (χ0) is 16.2. The van der Waals surface area contributed by atoms with Gasteiger partial charge in [-0.05, 0) is 31.0 Å². The molecule has 1 aliphatic carbocycles. The Labute approximate surface area is 134 Å². The molecular weight excluding hydrogens is 306 g/mol. The van der Waals surface area contributed by atoms with E-state index in [1.165, 1.54) is 13.2 Å². The van der Waals surface area contributed by atoms with Crippen LogP contribution in [0.2, 0.25) is 5.02 Å². The number of amides is 1. The van der Waals surface area contributed by atoms with Gasteiger partial charge in [-0.15, -0.1) is 0 Å². The fraction of sp³-hybridized carbons (Fsp3) is 0.500. The molecule has 22 heavy (non-hydrogen) atoms. The summed E-state index contributed by atoms with van der Waals surface area (Å²) in [4.78, 5) is 24.2. The van der Waals surface area contributed by atoms with Crippen molar-refractivity contribution in [2.45, 2.75) is 44.1 Å². The molecule has 0 atom stereocenters. The van der Waals surface area contributed by atoms with E-state index in [0.717, 1.165) is 25.7 Å². The first kappa shape index (κ1) is 16.6.